The van der Waals surface area contributed by atoms with Gasteiger partial charge in [0.1, 0.15) is 34.6 Å². The molecule has 0 bridgehead atoms. The Balaban J connectivity index is 0.000000231. The first kappa shape index (κ1) is 39.1. The topological polar surface area (TPSA) is 182 Å². The highest BCUT2D eigenvalue weighted by Crippen LogP contribution is 2.25. The van der Waals surface area contributed by atoms with Crippen LogP contribution in [0.15, 0.2) is 69.9 Å². The number of ether oxygens (including phenoxy) is 2. The van der Waals surface area contributed by atoms with Crippen molar-refractivity contribution in [2.24, 2.45) is 9.98 Å². The molecule has 0 atom stereocenters. The van der Waals surface area contributed by atoms with E-state index in [0.29, 0.717) is 60.5 Å². The van der Waals surface area contributed by atoms with E-state index in [4.69, 9.17) is 19.7 Å². The van der Waals surface area contributed by atoms with Crippen LogP contribution < -0.4 is 20.1 Å². The average molecular weight is 691 g/mol. The van der Waals surface area contributed by atoms with Crippen LogP contribution >= 0.6 is 0 Å². The fourth-order valence-electron chi connectivity index (χ4n) is 5.10. The lowest BCUT2D eigenvalue weighted by molar-refractivity contribution is -0.138. The molecule has 0 spiro atoms. The summed E-state index contributed by atoms with van der Waals surface area (Å²) in [5, 5.41) is 23.8. The van der Waals surface area contributed by atoms with Gasteiger partial charge in [-0.05, 0) is 51.0 Å². The summed E-state index contributed by atoms with van der Waals surface area (Å²) >= 11 is 0. The van der Waals surface area contributed by atoms with Gasteiger partial charge < -0.3 is 30.3 Å². The molecule has 4 N–H and O–H groups in total. The monoisotopic (exact) mass is 690 g/mol. The Kier molecular flexibility index (Phi) is 15.8. The molecule has 50 heavy (non-hydrogen) atoms. The van der Waals surface area contributed by atoms with E-state index in [1.807, 2.05) is 48.5 Å². The van der Waals surface area contributed by atoms with Crippen LogP contribution in [0.5, 0.6) is 11.5 Å². The number of amides is 2. The van der Waals surface area contributed by atoms with Crippen LogP contribution in [-0.4, -0.2) is 109 Å². The second-order valence-corrected chi connectivity index (χ2v) is 11.3. The van der Waals surface area contributed by atoms with Gasteiger partial charge in [-0.3, -0.25) is 29.0 Å². The number of nitrogens with one attached hydrogen (secondary N) is 2. The maximum absolute atomic E-state index is 12.4. The molecule has 0 radical (unpaired) electrons. The Bertz CT molecular complexity index is 1500. The molecule has 2 aromatic rings. The van der Waals surface area contributed by atoms with Gasteiger partial charge in [0, 0.05) is 63.2 Å². The highest BCUT2D eigenvalue weighted by molar-refractivity contribution is 6.14. The van der Waals surface area contributed by atoms with Gasteiger partial charge in [-0.2, -0.15) is 0 Å². The van der Waals surface area contributed by atoms with Crippen molar-refractivity contribution in [1.82, 2.24) is 20.4 Å². The molecule has 0 saturated carbocycles. The number of methoxy groups -OCH3 is 2. The number of hydrogen-bond acceptors (Lipinski definition) is 10. The zero-order valence-corrected chi connectivity index (χ0v) is 29.0. The minimum Gasteiger partial charge on any atom is -0.496 e. The molecule has 2 aromatic carbocycles. The number of para-hydroxylation sites is 2. The second kappa shape index (κ2) is 20.2. The van der Waals surface area contributed by atoms with Gasteiger partial charge in [-0.25, -0.2) is 9.98 Å². The summed E-state index contributed by atoms with van der Waals surface area (Å²) in [6, 6.07) is 14.7. The van der Waals surface area contributed by atoms with E-state index in [-0.39, 0.29) is 24.7 Å². The number of nitrogens with zero attached hydrogens (tertiary/aromatic N) is 4. The molecule has 0 aliphatic carbocycles. The van der Waals surface area contributed by atoms with Crippen molar-refractivity contribution in [3.05, 3.63) is 71.1 Å². The number of aliphatic imine (C=N–C) groups is 2. The molecule has 14 nitrogen and oxygen atoms in total. The standard InChI is InChI=1S/2C16H18N2O4.C4H10N2/c2*1-11-17-13(10-12-6-3-4-7-14(12)22-2)16(21)18(11)9-5-8-15(19)20;1-2-6-4-3-5-1/h2*3-4,6-7,10H,5,8-9H2,1-2H3,(H,19,20);5-6H,1-4H2/b2*13-10+;. The number of rotatable bonds is 12. The van der Waals surface area contributed by atoms with Crippen LogP contribution in [0, 0.1) is 0 Å². The number of carbonyl (C=O) groups excluding carboxylic acids is 2. The Hall–Kier alpha value is -5.34. The number of carboxylic acid groups (broad SMARTS) is 2. The number of aliphatic carboxylic acids is 2. The van der Waals surface area contributed by atoms with Crippen LogP contribution in [0.1, 0.15) is 50.7 Å². The van der Waals surface area contributed by atoms with Crippen molar-refractivity contribution in [2.45, 2.75) is 39.5 Å². The third kappa shape index (κ3) is 12.0. The molecule has 3 heterocycles. The predicted molar refractivity (Wildman–Crippen MR) is 191 cm³/mol. The van der Waals surface area contributed by atoms with Crippen LogP contribution in [-0.2, 0) is 19.2 Å². The zero-order chi connectivity index (χ0) is 36.5. The largest absolute Gasteiger partial charge is 0.496 e. The minimum absolute atomic E-state index is 0.0304. The fourth-order valence-corrected chi connectivity index (χ4v) is 5.10. The number of benzene rings is 2. The van der Waals surface area contributed by atoms with Crippen molar-refractivity contribution in [1.29, 1.82) is 0 Å². The molecule has 268 valence electrons. The molecule has 14 heteroatoms. The Morgan fingerprint density at radius 3 is 1.38 bits per heavy atom. The quantitative estimate of drug-likeness (QED) is 0.241. The highest BCUT2D eigenvalue weighted by atomic mass is 16.5. The second-order valence-electron chi connectivity index (χ2n) is 11.3. The van der Waals surface area contributed by atoms with E-state index in [1.165, 1.54) is 9.80 Å². The summed E-state index contributed by atoms with van der Waals surface area (Å²) in [5.74, 6) is 0.327. The Labute approximate surface area is 292 Å². The molecule has 3 aliphatic rings. The third-order valence-electron chi connectivity index (χ3n) is 7.64. The van der Waals surface area contributed by atoms with Gasteiger partial charge in [-0.1, -0.05) is 36.4 Å². The molecule has 3 aliphatic heterocycles. The summed E-state index contributed by atoms with van der Waals surface area (Å²) in [4.78, 5) is 57.4. The molecular weight excluding hydrogens is 644 g/mol. The fraction of sp³-hybridized carbons (Fsp3) is 0.389. The number of hydrogen-bond donors (Lipinski definition) is 4. The number of piperazine rings is 1. The van der Waals surface area contributed by atoms with E-state index in [9.17, 15) is 19.2 Å². The summed E-state index contributed by atoms with van der Waals surface area (Å²) in [5.41, 5.74) is 2.21. The summed E-state index contributed by atoms with van der Waals surface area (Å²) in [7, 11) is 3.14. The maximum atomic E-state index is 12.4. The number of carboxylic acids is 2. The normalized spacial score (nSPS) is 17.0. The van der Waals surface area contributed by atoms with Crippen molar-refractivity contribution in [2.75, 3.05) is 53.5 Å². The maximum Gasteiger partial charge on any atom is 0.303 e. The summed E-state index contributed by atoms with van der Waals surface area (Å²) in [6.07, 6.45) is 4.22. The molecule has 0 unspecified atom stereocenters. The molecule has 1 fully saturated rings. The first-order chi connectivity index (χ1) is 24.0. The van der Waals surface area contributed by atoms with Gasteiger partial charge in [0.25, 0.3) is 11.8 Å². The van der Waals surface area contributed by atoms with Gasteiger partial charge >= 0.3 is 11.9 Å². The van der Waals surface area contributed by atoms with Crippen LogP contribution in [0.25, 0.3) is 12.2 Å². The zero-order valence-electron chi connectivity index (χ0n) is 29.0. The number of carbonyl (C=O) groups is 4. The van der Waals surface area contributed by atoms with E-state index < -0.39 is 11.9 Å². The average Bonchev–Trinajstić information content (AvgIpc) is 3.53. The lowest BCUT2D eigenvalue weighted by Crippen LogP contribution is -2.39. The predicted octanol–water partition coefficient (Wildman–Crippen LogP) is 3.50. The van der Waals surface area contributed by atoms with Gasteiger partial charge in [0.2, 0.25) is 0 Å². The van der Waals surface area contributed by atoms with Crippen LogP contribution in [0.4, 0.5) is 0 Å². The molecule has 2 amide bonds. The van der Waals surface area contributed by atoms with E-state index in [0.717, 1.165) is 37.3 Å². The highest BCUT2D eigenvalue weighted by Gasteiger charge is 2.28. The van der Waals surface area contributed by atoms with E-state index in [1.54, 1.807) is 40.2 Å². The van der Waals surface area contributed by atoms with Crippen molar-refractivity contribution in [3.8, 4) is 11.5 Å². The first-order valence-corrected chi connectivity index (χ1v) is 16.3. The minimum atomic E-state index is -0.869. The Morgan fingerprint density at radius 1 is 0.700 bits per heavy atom. The van der Waals surface area contributed by atoms with Crippen molar-refractivity contribution in [3.63, 3.8) is 0 Å². The van der Waals surface area contributed by atoms with Gasteiger partial charge in [0.05, 0.1) is 14.2 Å². The third-order valence-corrected chi connectivity index (χ3v) is 7.64. The summed E-state index contributed by atoms with van der Waals surface area (Å²) < 4.78 is 10.5. The van der Waals surface area contributed by atoms with Crippen molar-refractivity contribution < 1.29 is 38.9 Å². The lowest BCUT2D eigenvalue weighted by Gasteiger charge is -2.14. The number of amidine groups is 2. The smallest absolute Gasteiger partial charge is 0.303 e. The van der Waals surface area contributed by atoms with Gasteiger partial charge in [-0.15, -0.1) is 0 Å². The first-order valence-electron chi connectivity index (χ1n) is 16.3. The molecular formula is C36H46N6O8. The van der Waals surface area contributed by atoms with E-state index >= 15 is 0 Å². The van der Waals surface area contributed by atoms with Gasteiger partial charge in [0.15, 0.2) is 0 Å². The summed E-state index contributed by atoms with van der Waals surface area (Å²) in [6.45, 7) is 8.73. The SMILES string of the molecule is C1CNCCN1.COc1ccccc1/C=C1/N=C(C)N(CCCC(=O)O)C1=O.COc1ccccc1/C=C1/N=C(C)N(CCCC(=O)O)C1=O. The lowest BCUT2D eigenvalue weighted by atomic mass is 10.1. The molecule has 1 saturated heterocycles. The Morgan fingerprint density at radius 2 is 1.06 bits per heavy atom. The van der Waals surface area contributed by atoms with Crippen LogP contribution in [0.3, 0.4) is 0 Å². The van der Waals surface area contributed by atoms with E-state index in [2.05, 4.69) is 20.6 Å². The van der Waals surface area contributed by atoms with Crippen molar-refractivity contribution >= 4 is 47.6 Å². The molecule has 5 rings (SSSR count). The van der Waals surface area contributed by atoms with Crippen LogP contribution in [0.2, 0.25) is 0 Å². The molecule has 0 aromatic heterocycles.